The summed E-state index contributed by atoms with van der Waals surface area (Å²) in [5, 5.41) is 1.22. The maximum Gasteiger partial charge on any atom is 0.421 e. The topological polar surface area (TPSA) is 57.0 Å². The van der Waals surface area contributed by atoms with E-state index in [-0.39, 0.29) is 13.2 Å². The lowest BCUT2D eigenvalue weighted by molar-refractivity contribution is -0.138. The second-order valence-corrected chi connectivity index (χ2v) is 9.67. The number of ether oxygens (including phenoxy) is 1. The first-order valence-electron chi connectivity index (χ1n) is 12.2. The van der Waals surface area contributed by atoms with Gasteiger partial charge >= 0.3 is 6.18 Å². The number of allylic oxidation sites excluding steroid dienone is 3. The Balaban J connectivity index is 1.74. The highest BCUT2D eigenvalue weighted by Gasteiger charge is 2.34. The number of fused-ring (bicyclic) bond motifs is 1. The smallest absolute Gasteiger partial charge is 0.421 e. The quantitative estimate of drug-likeness (QED) is 0.220. The van der Waals surface area contributed by atoms with Crippen LogP contribution in [-0.2, 0) is 19.3 Å². The average molecular weight is 554 g/mol. The zero-order chi connectivity index (χ0) is 28.5. The first-order chi connectivity index (χ1) is 18.4. The van der Waals surface area contributed by atoms with Crippen molar-refractivity contribution in [2.24, 2.45) is 0 Å². The summed E-state index contributed by atoms with van der Waals surface area (Å²) in [7, 11) is 0. The van der Waals surface area contributed by atoms with E-state index in [2.05, 4.69) is 11.6 Å². The molecule has 0 aliphatic heterocycles. The van der Waals surface area contributed by atoms with Gasteiger partial charge in [-0.05, 0) is 69.2 Å². The second kappa shape index (κ2) is 11.1. The highest BCUT2D eigenvalue weighted by atomic mass is 35.5. The van der Waals surface area contributed by atoms with E-state index < -0.39 is 17.3 Å². The van der Waals surface area contributed by atoms with Crippen molar-refractivity contribution in [1.29, 1.82) is 0 Å². The lowest BCUT2D eigenvalue weighted by Gasteiger charge is -2.17. The second-order valence-electron chi connectivity index (χ2n) is 9.26. The van der Waals surface area contributed by atoms with Crippen LogP contribution < -0.4 is 10.3 Å². The molecule has 5 nitrogen and oxygen atoms in total. The summed E-state index contributed by atoms with van der Waals surface area (Å²) in [6.07, 6.45) is -1.47. The van der Waals surface area contributed by atoms with E-state index in [4.69, 9.17) is 21.3 Å². The van der Waals surface area contributed by atoms with E-state index in [1.54, 1.807) is 19.1 Å². The molecule has 4 rings (SSSR count). The van der Waals surface area contributed by atoms with Crippen LogP contribution in [-0.4, -0.2) is 14.5 Å². The van der Waals surface area contributed by atoms with Gasteiger partial charge in [-0.3, -0.25) is 9.78 Å². The number of hydrogen-bond donors (Lipinski definition) is 0. The van der Waals surface area contributed by atoms with Gasteiger partial charge in [-0.25, -0.2) is 4.98 Å². The van der Waals surface area contributed by atoms with E-state index in [0.29, 0.717) is 33.2 Å². The Bertz CT molecular complexity index is 1670. The van der Waals surface area contributed by atoms with Gasteiger partial charge in [0.05, 0.1) is 17.3 Å². The predicted octanol–water partition coefficient (Wildman–Crippen LogP) is 7.69. The largest absolute Gasteiger partial charge is 0.486 e. The summed E-state index contributed by atoms with van der Waals surface area (Å²) < 4.78 is 47.1. The van der Waals surface area contributed by atoms with Gasteiger partial charge < -0.3 is 9.30 Å². The van der Waals surface area contributed by atoms with Crippen molar-refractivity contribution in [2.45, 2.75) is 47.0 Å². The summed E-state index contributed by atoms with van der Waals surface area (Å²) >= 11 is 6.55. The first kappa shape index (κ1) is 28.1. The Morgan fingerprint density at radius 3 is 2.51 bits per heavy atom. The van der Waals surface area contributed by atoms with E-state index in [1.165, 1.54) is 12.3 Å². The Labute approximate surface area is 229 Å². The van der Waals surface area contributed by atoms with Crippen LogP contribution in [0.3, 0.4) is 0 Å². The minimum absolute atomic E-state index is 0.0316. The number of halogens is 4. The SMILES string of the molecule is C=C(C)/C(=C\C)c1cc(C)nc2c(OCc3c(Cl)cc(C)nc3Cn3cccc(C(F)(F)F)c3=O)cccc12. The number of para-hydroxylation sites is 1. The zero-order valence-corrected chi connectivity index (χ0v) is 22.7. The Kier molecular flexibility index (Phi) is 7.97. The molecule has 0 bridgehead atoms. The van der Waals surface area contributed by atoms with Gasteiger partial charge in [0.25, 0.3) is 5.56 Å². The monoisotopic (exact) mass is 553 g/mol. The molecule has 1 aromatic carbocycles. The summed E-state index contributed by atoms with van der Waals surface area (Å²) in [5.74, 6) is 0.508. The maximum atomic E-state index is 13.3. The molecule has 0 N–H and O–H groups in total. The molecule has 4 aromatic rings. The standard InChI is InChI=1S/C30H27ClF3N3O2/c1-6-20(17(2)3)22-13-18(4)36-28-21(22)9-7-11-27(28)39-16-23-25(31)14-19(5)35-26(23)15-37-12-8-10-24(29(37)38)30(32,33)34/h6-14H,2,15-16H2,1,3-5H3/b20-6+. The molecule has 9 heteroatoms. The van der Waals surface area contributed by atoms with Crippen molar-refractivity contribution in [3.63, 3.8) is 0 Å². The molecule has 3 aromatic heterocycles. The first-order valence-corrected chi connectivity index (χ1v) is 12.6. The number of aromatic nitrogens is 3. The molecule has 0 amide bonds. The number of benzene rings is 1. The summed E-state index contributed by atoms with van der Waals surface area (Å²) in [4.78, 5) is 21.7. The van der Waals surface area contributed by atoms with Gasteiger partial charge in [0.1, 0.15) is 23.4 Å². The molecule has 0 aliphatic rings. The van der Waals surface area contributed by atoms with Gasteiger partial charge in [-0.15, -0.1) is 0 Å². The van der Waals surface area contributed by atoms with E-state index >= 15 is 0 Å². The third kappa shape index (κ3) is 5.91. The van der Waals surface area contributed by atoms with E-state index in [9.17, 15) is 18.0 Å². The minimum Gasteiger partial charge on any atom is -0.486 e. The van der Waals surface area contributed by atoms with Crippen LogP contribution in [0.1, 0.15) is 47.6 Å². The van der Waals surface area contributed by atoms with Crippen molar-refractivity contribution in [2.75, 3.05) is 0 Å². The summed E-state index contributed by atoms with van der Waals surface area (Å²) in [6, 6.07) is 11.2. The van der Waals surface area contributed by atoms with Gasteiger partial charge in [0.2, 0.25) is 0 Å². The number of nitrogens with zero attached hydrogens (tertiary/aromatic N) is 3. The van der Waals surface area contributed by atoms with Gasteiger partial charge in [0.15, 0.2) is 0 Å². The molecule has 0 saturated carbocycles. The van der Waals surface area contributed by atoms with Gasteiger partial charge in [-0.1, -0.05) is 42.0 Å². The third-order valence-electron chi connectivity index (χ3n) is 6.27. The molecule has 0 fully saturated rings. The lowest BCUT2D eigenvalue weighted by Crippen LogP contribution is -2.29. The van der Waals surface area contributed by atoms with Crippen LogP contribution in [0, 0.1) is 13.8 Å². The van der Waals surface area contributed by atoms with Crippen molar-refractivity contribution < 1.29 is 17.9 Å². The number of hydrogen-bond acceptors (Lipinski definition) is 4. The van der Waals surface area contributed by atoms with Gasteiger partial charge in [0, 0.05) is 28.5 Å². The molecule has 0 aliphatic carbocycles. The fourth-order valence-corrected chi connectivity index (χ4v) is 4.84. The number of pyridine rings is 3. The average Bonchev–Trinajstić information content (AvgIpc) is 2.84. The van der Waals surface area contributed by atoms with Crippen molar-refractivity contribution in [1.82, 2.24) is 14.5 Å². The third-order valence-corrected chi connectivity index (χ3v) is 6.61. The molecular weight excluding hydrogens is 527 g/mol. The van der Waals surface area contributed by atoms with Crippen LogP contribution >= 0.6 is 11.6 Å². The number of alkyl halides is 3. The summed E-state index contributed by atoms with van der Waals surface area (Å²) in [6.45, 7) is 11.4. The van der Waals surface area contributed by atoms with Crippen molar-refractivity contribution in [3.05, 3.63) is 116 Å². The summed E-state index contributed by atoms with van der Waals surface area (Å²) in [5.41, 5.74) is 3.32. The Morgan fingerprint density at radius 2 is 1.85 bits per heavy atom. The molecule has 0 unspecified atom stereocenters. The Morgan fingerprint density at radius 1 is 1.13 bits per heavy atom. The number of rotatable bonds is 7. The van der Waals surface area contributed by atoms with Crippen molar-refractivity contribution >= 4 is 28.1 Å². The van der Waals surface area contributed by atoms with Crippen LogP contribution in [0.4, 0.5) is 13.2 Å². The van der Waals surface area contributed by atoms with Crippen molar-refractivity contribution in [3.8, 4) is 5.75 Å². The highest BCUT2D eigenvalue weighted by Crippen LogP contribution is 2.34. The van der Waals surface area contributed by atoms with Crippen LogP contribution in [0.5, 0.6) is 5.75 Å². The Hall–Kier alpha value is -3.91. The molecule has 202 valence electrons. The molecule has 0 radical (unpaired) electrons. The predicted molar refractivity (Wildman–Crippen MR) is 148 cm³/mol. The zero-order valence-electron chi connectivity index (χ0n) is 22.0. The molecular formula is C30H27ClF3N3O2. The number of aryl methyl sites for hydroxylation is 2. The normalized spacial score (nSPS) is 12.2. The van der Waals surface area contributed by atoms with E-state index in [0.717, 1.165) is 38.4 Å². The highest BCUT2D eigenvalue weighted by molar-refractivity contribution is 6.31. The van der Waals surface area contributed by atoms with Crippen LogP contribution in [0.2, 0.25) is 5.02 Å². The van der Waals surface area contributed by atoms with Crippen LogP contribution in [0.25, 0.3) is 16.5 Å². The fourth-order valence-electron chi connectivity index (χ4n) is 4.51. The molecule has 3 heterocycles. The minimum atomic E-state index is -4.76. The molecule has 0 spiro atoms. The molecule has 0 atom stereocenters. The molecule has 39 heavy (non-hydrogen) atoms. The fraction of sp³-hybridized carbons (Fsp3) is 0.233. The lowest BCUT2D eigenvalue weighted by atomic mass is 9.95. The van der Waals surface area contributed by atoms with Crippen LogP contribution in [0.15, 0.2) is 71.7 Å². The van der Waals surface area contributed by atoms with Gasteiger partial charge in [-0.2, -0.15) is 13.2 Å². The maximum absolute atomic E-state index is 13.3. The van der Waals surface area contributed by atoms with E-state index in [1.807, 2.05) is 45.0 Å². The molecule has 0 saturated heterocycles.